The lowest BCUT2D eigenvalue weighted by Gasteiger charge is -2.44. The number of hydrogen-bond donors (Lipinski definition) is 0. The van der Waals surface area contributed by atoms with E-state index in [0.29, 0.717) is 13.2 Å². The number of benzene rings is 1. The number of amides is 1. The van der Waals surface area contributed by atoms with Crippen LogP contribution in [-0.2, 0) is 9.53 Å². The standard InChI is InChI=1S/C17H19NO3/c1-2-21-17(20)18-11-13-8-9-15(18)16(19)14(13)10-12-6-4-3-5-7-12/h3-7,10,13,15H,2,8-9,11H2,1H3/b14-10+. The third-order valence-corrected chi connectivity index (χ3v) is 4.23. The zero-order chi connectivity index (χ0) is 14.8. The van der Waals surface area contributed by atoms with Crippen molar-refractivity contribution in [2.45, 2.75) is 25.8 Å². The Balaban J connectivity index is 1.84. The monoisotopic (exact) mass is 285 g/mol. The number of ether oxygens (including phenoxy) is 1. The van der Waals surface area contributed by atoms with Gasteiger partial charge in [-0.2, -0.15) is 0 Å². The number of fused-ring (bicyclic) bond motifs is 3. The van der Waals surface area contributed by atoms with E-state index in [1.54, 1.807) is 11.8 Å². The topological polar surface area (TPSA) is 46.6 Å². The molecule has 0 aromatic heterocycles. The van der Waals surface area contributed by atoms with Gasteiger partial charge in [-0.05, 0) is 31.4 Å². The fourth-order valence-corrected chi connectivity index (χ4v) is 3.22. The summed E-state index contributed by atoms with van der Waals surface area (Å²) in [6.45, 7) is 2.71. The summed E-state index contributed by atoms with van der Waals surface area (Å²) in [6.07, 6.45) is 3.32. The van der Waals surface area contributed by atoms with Gasteiger partial charge in [-0.3, -0.25) is 9.69 Å². The van der Waals surface area contributed by atoms with Crippen molar-refractivity contribution in [2.75, 3.05) is 13.2 Å². The molecule has 3 aliphatic rings. The highest BCUT2D eigenvalue weighted by Crippen LogP contribution is 2.37. The Labute approximate surface area is 124 Å². The molecular formula is C17H19NO3. The summed E-state index contributed by atoms with van der Waals surface area (Å²) in [5, 5.41) is 0. The Morgan fingerprint density at radius 1 is 1.33 bits per heavy atom. The van der Waals surface area contributed by atoms with Gasteiger partial charge in [-0.1, -0.05) is 30.3 Å². The van der Waals surface area contributed by atoms with Crippen LogP contribution in [0, 0.1) is 5.92 Å². The number of carbonyl (C=O) groups excluding carboxylic acids is 2. The Morgan fingerprint density at radius 2 is 2.10 bits per heavy atom. The number of nitrogens with zero attached hydrogens (tertiary/aromatic N) is 1. The summed E-state index contributed by atoms with van der Waals surface area (Å²) < 4.78 is 5.05. The van der Waals surface area contributed by atoms with Crippen LogP contribution in [0.2, 0.25) is 0 Å². The summed E-state index contributed by atoms with van der Waals surface area (Å²) in [5.74, 6) is 0.210. The molecule has 1 saturated carbocycles. The maximum atomic E-state index is 12.6. The van der Waals surface area contributed by atoms with Gasteiger partial charge in [-0.15, -0.1) is 0 Å². The molecule has 21 heavy (non-hydrogen) atoms. The summed E-state index contributed by atoms with van der Waals surface area (Å²) in [5.41, 5.74) is 1.90. The number of hydrogen-bond acceptors (Lipinski definition) is 3. The summed E-state index contributed by atoms with van der Waals surface area (Å²) in [6, 6.07) is 9.52. The van der Waals surface area contributed by atoms with Crippen molar-refractivity contribution in [1.29, 1.82) is 0 Å². The molecule has 2 heterocycles. The molecule has 2 aliphatic heterocycles. The van der Waals surface area contributed by atoms with Crippen LogP contribution in [0.5, 0.6) is 0 Å². The van der Waals surface area contributed by atoms with Gasteiger partial charge in [0.25, 0.3) is 0 Å². The minimum Gasteiger partial charge on any atom is -0.450 e. The summed E-state index contributed by atoms with van der Waals surface area (Å²) >= 11 is 0. The van der Waals surface area contributed by atoms with Crippen LogP contribution in [0.1, 0.15) is 25.3 Å². The van der Waals surface area contributed by atoms with E-state index >= 15 is 0 Å². The summed E-state index contributed by atoms with van der Waals surface area (Å²) in [4.78, 5) is 26.1. The molecule has 1 aromatic rings. The highest BCUT2D eigenvalue weighted by molar-refractivity contribution is 6.06. The molecular weight excluding hydrogens is 266 g/mol. The predicted molar refractivity (Wildman–Crippen MR) is 79.7 cm³/mol. The molecule has 2 unspecified atom stereocenters. The van der Waals surface area contributed by atoms with Crippen molar-refractivity contribution in [3.8, 4) is 0 Å². The lowest BCUT2D eigenvalue weighted by atomic mass is 9.74. The normalized spacial score (nSPS) is 26.2. The molecule has 0 radical (unpaired) electrons. The van der Waals surface area contributed by atoms with Crippen molar-refractivity contribution >= 4 is 18.0 Å². The SMILES string of the molecule is CCOC(=O)N1CC2CCC1C(=O)/C2=C/c1ccccc1. The van der Waals surface area contributed by atoms with Crippen molar-refractivity contribution < 1.29 is 14.3 Å². The fraction of sp³-hybridized carbons (Fsp3) is 0.412. The molecule has 110 valence electrons. The van der Waals surface area contributed by atoms with E-state index in [0.717, 1.165) is 24.0 Å². The second-order valence-electron chi connectivity index (χ2n) is 5.52. The van der Waals surface area contributed by atoms with E-state index in [-0.39, 0.29) is 23.8 Å². The Kier molecular flexibility index (Phi) is 3.78. The first-order valence-electron chi connectivity index (χ1n) is 7.45. The molecule has 4 nitrogen and oxygen atoms in total. The van der Waals surface area contributed by atoms with E-state index in [9.17, 15) is 9.59 Å². The second kappa shape index (κ2) is 5.72. The van der Waals surface area contributed by atoms with Crippen molar-refractivity contribution in [3.05, 3.63) is 41.5 Å². The molecule has 3 fully saturated rings. The van der Waals surface area contributed by atoms with E-state index in [1.165, 1.54) is 0 Å². The molecule has 2 atom stereocenters. The van der Waals surface area contributed by atoms with Gasteiger partial charge in [0.2, 0.25) is 0 Å². The number of piperidine rings is 2. The predicted octanol–water partition coefficient (Wildman–Crippen LogP) is 2.89. The molecule has 1 aromatic carbocycles. The Hall–Kier alpha value is -2.10. The van der Waals surface area contributed by atoms with Gasteiger partial charge >= 0.3 is 6.09 Å². The van der Waals surface area contributed by atoms with Gasteiger partial charge in [0, 0.05) is 18.0 Å². The van der Waals surface area contributed by atoms with Crippen LogP contribution in [0.25, 0.3) is 6.08 Å². The van der Waals surface area contributed by atoms with E-state index in [1.807, 2.05) is 36.4 Å². The van der Waals surface area contributed by atoms with Gasteiger partial charge in [0.05, 0.1) is 12.6 Å². The van der Waals surface area contributed by atoms with Crippen molar-refractivity contribution in [1.82, 2.24) is 4.90 Å². The first kappa shape index (κ1) is 13.9. The summed E-state index contributed by atoms with van der Waals surface area (Å²) in [7, 11) is 0. The molecule has 2 saturated heterocycles. The van der Waals surface area contributed by atoms with Crippen molar-refractivity contribution in [2.24, 2.45) is 5.92 Å². The zero-order valence-electron chi connectivity index (χ0n) is 12.1. The van der Waals surface area contributed by atoms with Gasteiger partial charge < -0.3 is 4.74 Å². The van der Waals surface area contributed by atoms with Crippen LogP contribution < -0.4 is 0 Å². The Morgan fingerprint density at radius 3 is 2.76 bits per heavy atom. The fourth-order valence-electron chi connectivity index (χ4n) is 3.22. The first-order chi connectivity index (χ1) is 10.2. The average Bonchev–Trinajstić information content (AvgIpc) is 2.52. The lowest BCUT2D eigenvalue weighted by Crippen LogP contribution is -2.57. The van der Waals surface area contributed by atoms with Crippen LogP contribution in [0.15, 0.2) is 35.9 Å². The van der Waals surface area contributed by atoms with Crippen LogP contribution in [0.3, 0.4) is 0 Å². The largest absolute Gasteiger partial charge is 0.450 e. The molecule has 0 spiro atoms. The van der Waals surface area contributed by atoms with E-state index < -0.39 is 0 Å². The lowest BCUT2D eigenvalue weighted by molar-refractivity contribution is -0.125. The van der Waals surface area contributed by atoms with Crippen molar-refractivity contribution in [3.63, 3.8) is 0 Å². The third kappa shape index (κ3) is 2.58. The second-order valence-corrected chi connectivity index (χ2v) is 5.52. The van der Waals surface area contributed by atoms with Gasteiger partial charge in [-0.25, -0.2) is 4.79 Å². The minimum atomic E-state index is -0.362. The van der Waals surface area contributed by atoms with E-state index in [4.69, 9.17) is 4.74 Å². The highest BCUT2D eigenvalue weighted by atomic mass is 16.6. The molecule has 2 bridgehead atoms. The zero-order valence-corrected chi connectivity index (χ0v) is 12.1. The van der Waals surface area contributed by atoms with Gasteiger partial charge in [0.15, 0.2) is 5.78 Å². The molecule has 0 N–H and O–H groups in total. The van der Waals surface area contributed by atoms with Gasteiger partial charge in [0.1, 0.15) is 0 Å². The third-order valence-electron chi connectivity index (χ3n) is 4.23. The molecule has 1 amide bonds. The maximum absolute atomic E-state index is 12.6. The molecule has 4 rings (SSSR count). The number of ketones is 1. The maximum Gasteiger partial charge on any atom is 0.410 e. The first-order valence-corrected chi connectivity index (χ1v) is 7.45. The molecule has 4 heteroatoms. The van der Waals surface area contributed by atoms with E-state index in [2.05, 4.69) is 0 Å². The number of rotatable bonds is 2. The van der Waals surface area contributed by atoms with Crippen LogP contribution in [0.4, 0.5) is 4.79 Å². The average molecular weight is 285 g/mol. The number of carbonyl (C=O) groups is 2. The minimum absolute atomic E-state index is 0.0782. The van der Waals surface area contributed by atoms with Crippen LogP contribution >= 0.6 is 0 Å². The quantitative estimate of drug-likeness (QED) is 0.785. The molecule has 1 aliphatic carbocycles. The van der Waals surface area contributed by atoms with Crippen LogP contribution in [-0.4, -0.2) is 36.0 Å². The smallest absolute Gasteiger partial charge is 0.410 e. The highest BCUT2D eigenvalue weighted by Gasteiger charge is 2.45. The Bertz CT molecular complexity index is 579. The number of Topliss-reactive ketones (excluding diaryl/α,β-unsaturated/α-hetero) is 1.